The van der Waals surface area contributed by atoms with Crippen LogP contribution in [0.5, 0.6) is 11.5 Å². The number of ether oxygens (including phenoxy) is 2. The Balaban J connectivity index is 2.05. The average Bonchev–Trinajstić information content (AvgIpc) is 2.48. The van der Waals surface area contributed by atoms with Gasteiger partial charge in [-0.1, -0.05) is 51.3 Å². The fourth-order valence-electron chi connectivity index (χ4n) is 2.25. The minimum atomic E-state index is -0.415. The summed E-state index contributed by atoms with van der Waals surface area (Å²) in [6.45, 7) is 1.08. The van der Waals surface area contributed by atoms with Crippen molar-refractivity contribution in [3.63, 3.8) is 0 Å². The first-order valence-electron chi connectivity index (χ1n) is 6.36. The maximum absolute atomic E-state index is 6.35. The lowest BCUT2D eigenvalue weighted by Gasteiger charge is -2.22. The van der Waals surface area contributed by atoms with Crippen molar-refractivity contribution < 1.29 is 9.47 Å². The fraction of sp³-hybridized carbons (Fsp3) is 0.200. The molecule has 0 aliphatic carbocycles. The molecule has 2 aromatic rings. The van der Waals surface area contributed by atoms with Gasteiger partial charge < -0.3 is 15.2 Å². The Morgan fingerprint density at radius 1 is 1.05 bits per heavy atom. The fourth-order valence-corrected chi connectivity index (χ4v) is 3.24. The molecule has 6 heteroatoms. The molecule has 1 atom stereocenters. The number of rotatable bonds is 2. The van der Waals surface area contributed by atoms with Crippen LogP contribution in [0.25, 0.3) is 0 Å². The highest BCUT2D eigenvalue weighted by Crippen LogP contribution is 2.40. The summed E-state index contributed by atoms with van der Waals surface area (Å²) in [6, 6.07) is 8.75. The summed E-state index contributed by atoms with van der Waals surface area (Å²) in [4.78, 5) is 0. The molecule has 0 spiro atoms. The van der Waals surface area contributed by atoms with E-state index < -0.39 is 6.04 Å². The van der Waals surface area contributed by atoms with Gasteiger partial charge in [0.15, 0.2) is 11.5 Å². The van der Waals surface area contributed by atoms with Crippen molar-refractivity contribution in [1.82, 2.24) is 0 Å². The zero-order chi connectivity index (χ0) is 15.0. The van der Waals surface area contributed by atoms with E-state index in [2.05, 4.69) is 15.9 Å². The lowest BCUT2D eigenvalue weighted by molar-refractivity contribution is 0.171. The minimum absolute atomic E-state index is 0.415. The van der Waals surface area contributed by atoms with Crippen molar-refractivity contribution >= 4 is 39.1 Å². The summed E-state index contributed by atoms with van der Waals surface area (Å²) in [5.74, 6) is 1.40. The Kier molecular flexibility index (Phi) is 4.31. The van der Waals surface area contributed by atoms with Gasteiger partial charge in [0.05, 0.1) is 16.1 Å². The molecule has 0 bridgehead atoms. The lowest BCUT2D eigenvalue weighted by Crippen LogP contribution is -2.18. The molecule has 1 heterocycles. The number of halogens is 3. The van der Waals surface area contributed by atoms with Crippen LogP contribution in [0.3, 0.4) is 0 Å². The van der Waals surface area contributed by atoms with Gasteiger partial charge in [-0.15, -0.1) is 0 Å². The summed E-state index contributed by atoms with van der Waals surface area (Å²) in [5, 5.41) is 0.951. The highest BCUT2D eigenvalue weighted by Gasteiger charge is 2.21. The molecule has 21 heavy (non-hydrogen) atoms. The molecule has 0 aromatic heterocycles. The first-order chi connectivity index (χ1) is 10.1. The van der Waals surface area contributed by atoms with Crippen LogP contribution < -0.4 is 15.2 Å². The van der Waals surface area contributed by atoms with Gasteiger partial charge >= 0.3 is 0 Å². The predicted octanol–water partition coefficient (Wildman–Crippen LogP) is 4.58. The number of fused-ring (bicyclic) bond motifs is 1. The molecule has 110 valence electrons. The van der Waals surface area contributed by atoms with E-state index in [0.29, 0.717) is 34.8 Å². The Morgan fingerprint density at radius 2 is 1.71 bits per heavy atom. The van der Waals surface area contributed by atoms with Crippen LogP contribution in [-0.2, 0) is 0 Å². The number of hydrogen-bond donors (Lipinski definition) is 1. The van der Waals surface area contributed by atoms with E-state index in [1.165, 1.54) is 0 Å². The second-order valence-electron chi connectivity index (χ2n) is 4.64. The highest BCUT2D eigenvalue weighted by molar-refractivity contribution is 9.10. The van der Waals surface area contributed by atoms with Gasteiger partial charge in [-0.25, -0.2) is 0 Å². The molecular weight excluding hydrogens is 377 g/mol. The van der Waals surface area contributed by atoms with E-state index in [4.69, 9.17) is 38.4 Å². The minimum Gasteiger partial charge on any atom is -0.486 e. The van der Waals surface area contributed by atoms with Crippen molar-refractivity contribution in [1.29, 1.82) is 0 Å². The first-order valence-corrected chi connectivity index (χ1v) is 7.91. The average molecular weight is 389 g/mol. The molecular formula is C15H12BrCl2NO2. The Bertz CT molecular complexity index is 694. The quantitative estimate of drug-likeness (QED) is 0.819. The molecule has 0 saturated heterocycles. The third-order valence-corrected chi connectivity index (χ3v) is 4.83. The second kappa shape index (κ2) is 6.05. The third-order valence-electron chi connectivity index (χ3n) is 3.31. The number of nitrogens with two attached hydrogens (primary N) is 1. The zero-order valence-corrected chi connectivity index (χ0v) is 14.0. The summed E-state index contributed by atoms with van der Waals surface area (Å²) < 4.78 is 12.0. The molecule has 1 unspecified atom stereocenters. The SMILES string of the molecule is NC(c1cc2c(cc1Br)OCCO2)c1cccc(Cl)c1Cl. The van der Waals surface area contributed by atoms with Crippen molar-refractivity contribution in [2.45, 2.75) is 6.04 Å². The lowest BCUT2D eigenvalue weighted by atomic mass is 9.99. The molecule has 0 saturated carbocycles. The third kappa shape index (κ3) is 2.86. The molecule has 0 amide bonds. The monoisotopic (exact) mass is 387 g/mol. The molecule has 2 aromatic carbocycles. The molecule has 0 fully saturated rings. The Hall–Kier alpha value is -0.940. The number of hydrogen-bond acceptors (Lipinski definition) is 3. The predicted molar refractivity (Wildman–Crippen MR) is 87.6 cm³/mol. The van der Waals surface area contributed by atoms with E-state index >= 15 is 0 Å². The van der Waals surface area contributed by atoms with Gasteiger partial charge in [0.1, 0.15) is 13.2 Å². The topological polar surface area (TPSA) is 44.5 Å². The van der Waals surface area contributed by atoms with Crippen molar-refractivity contribution in [2.24, 2.45) is 5.73 Å². The van der Waals surface area contributed by atoms with Crippen LogP contribution in [0.4, 0.5) is 0 Å². The van der Waals surface area contributed by atoms with Crippen LogP contribution in [0, 0.1) is 0 Å². The van der Waals surface area contributed by atoms with Crippen LogP contribution >= 0.6 is 39.1 Å². The molecule has 1 aliphatic heterocycles. The van der Waals surface area contributed by atoms with Gasteiger partial charge in [0, 0.05) is 4.47 Å². The maximum Gasteiger partial charge on any atom is 0.162 e. The van der Waals surface area contributed by atoms with Gasteiger partial charge in [0.2, 0.25) is 0 Å². The van der Waals surface area contributed by atoms with Gasteiger partial charge in [-0.2, -0.15) is 0 Å². The molecule has 1 aliphatic rings. The van der Waals surface area contributed by atoms with Crippen molar-refractivity contribution in [3.8, 4) is 11.5 Å². The van der Waals surface area contributed by atoms with E-state index in [1.54, 1.807) is 6.07 Å². The van der Waals surface area contributed by atoms with E-state index in [1.807, 2.05) is 24.3 Å². The smallest absolute Gasteiger partial charge is 0.162 e. The van der Waals surface area contributed by atoms with Crippen LogP contribution in [0.15, 0.2) is 34.8 Å². The number of benzene rings is 2. The Morgan fingerprint density at radius 3 is 2.43 bits per heavy atom. The normalized spacial score (nSPS) is 14.9. The standard InChI is InChI=1S/C15H12BrCl2NO2/c16-10-7-13-12(20-4-5-21-13)6-9(10)15(19)8-2-1-3-11(17)14(8)18/h1-3,6-7,15H,4-5,19H2. The van der Waals surface area contributed by atoms with Crippen LogP contribution in [-0.4, -0.2) is 13.2 Å². The molecule has 3 nitrogen and oxygen atoms in total. The van der Waals surface area contributed by atoms with E-state index in [9.17, 15) is 0 Å². The van der Waals surface area contributed by atoms with Crippen LogP contribution in [0.2, 0.25) is 10.0 Å². The van der Waals surface area contributed by atoms with E-state index in [0.717, 1.165) is 15.6 Å². The summed E-state index contributed by atoms with van der Waals surface area (Å²) >= 11 is 15.8. The van der Waals surface area contributed by atoms with Crippen LogP contribution in [0.1, 0.15) is 17.2 Å². The highest BCUT2D eigenvalue weighted by atomic mass is 79.9. The second-order valence-corrected chi connectivity index (χ2v) is 6.28. The molecule has 0 radical (unpaired) electrons. The zero-order valence-electron chi connectivity index (χ0n) is 10.9. The van der Waals surface area contributed by atoms with Crippen molar-refractivity contribution in [2.75, 3.05) is 13.2 Å². The van der Waals surface area contributed by atoms with Gasteiger partial charge in [-0.05, 0) is 29.3 Å². The summed E-state index contributed by atoms with van der Waals surface area (Å²) in [7, 11) is 0. The van der Waals surface area contributed by atoms with E-state index in [-0.39, 0.29) is 0 Å². The first kappa shape index (κ1) is 15.0. The Labute approximate surface area is 141 Å². The summed E-state index contributed by atoms with van der Waals surface area (Å²) in [5.41, 5.74) is 7.98. The summed E-state index contributed by atoms with van der Waals surface area (Å²) in [6.07, 6.45) is 0. The largest absolute Gasteiger partial charge is 0.486 e. The van der Waals surface area contributed by atoms with Crippen molar-refractivity contribution in [3.05, 3.63) is 56.0 Å². The van der Waals surface area contributed by atoms with Gasteiger partial charge in [-0.3, -0.25) is 0 Å². The maximum atomic E-state index is 6.35. The molecule has 2 N–H and O–H groups in total. The van der Waals surface area contributed by atoms with Gasteiger partial charge in [0.25, 0.3) is 0 Å². The molecule has 3 rings (SSSR count).